The molecule has 0 saturated heterocycles. The highest BCUT2D eigenvalue weighted by Gasteiger charge is 2.25. The number of nitrogens with zero attached hydrogens (tertiary/aromatic N) is 6. The number of hydrogen-bond donors (Lipinski definition) is 0. The van der Waals surface area contributed by atoms with Crippen molar-refractivity contribution < 1.29 is 13.9 Å². The van der Waals surface area contributed by atoms with E-state index in [1.165, 1.54) is 29.2 Å². The lowest BCUT2D eigenvalue weighted by molar-refractivity contribution is 0.0270. The zero-order valence-corrected chi connectivity index (χ0v) is 23.0. The molecule has 0 radical (unpaired) electrons. The van der Waals surface area contributed by atoms with Gasteiger partial charge < -0.3 is 14.5 Å². The highest BCUT2D eigenvalue weighted by Crippen LogP contribution is 2.33. The van der Waals surface area contributed by atoms with Gasteiger partial charge in [0.2, 0.25) is 5.13 Å². The average Bonchev–Trinajstić information content (AvgIpc) is 3.53. The van der Waals surface area contributed by atoms with E-state index in [2.05, 4.69) is 34.0 Å². The smallest absolute Gasteiger partial charge is 0.410 e. The van der Waals surface area contributed by atoms with Gasteiger partial charge in [-0.25, -0.2) is 14.2 Å². The van der Waals surface area contributed by atoms with Crippen LogP contribution in [0.4, 0.5) is 20.1 Å². The largest absolute Gasteiger partial charge is 0.444 e. The van der Waals surface area contributed by atoms with Gasteiger partial charge in [0, 0.05) is 43.4 Å². The molecule has 198 valence electrons. The molecule has 0 atom stereocenters. The van der Waals surface area contributed by atoms with Crippen LogP contribution in [-0.4, -0.2) is 55.5 Å². The lowest BCUT2D eigenvalue weighted by Gasteiger charge is -2.29. The van der Waals surface area contributed by atoms with Crippen molar-refractivity contribution in [1.82, 2.24) is 23.6 Å². The molecule has 8 nitrogen and oxygen atoms in total. The molecular formula is C28H31FN6O2S. The second-order valence-electron chi connectivity index (χ2n) is 10.3. The van der Waals surface area contributed by atoms with Gasteiger partial charge in [0.1, 0.15) is 22.9 Å². The van der Waals surface area contributed by atoms with E-state index in [0.717, 1.165) is 46.3 Å². The van der Waals surface area contributed by atoms with Gasteiger partial charge in [0.15, 0.2) is 5.82 Å². The Morgan fingerprint density at radius 1 is 1.13 bits per heavy atom. The number of anilines is 2. The number of halogens is 1. The molecule has 0 unspecified atom stereocenters. The van der Waals surface area contributed by atoms with Crippen molar-refractivity contribution in [3.63, 3.8) is 0 Å². The molecule has 1 aromatic carbocycles. The van der Waals surface area contributed by atoms with E-state index in [4.69, 9.17) is 14.7 Å². The van der Waals surface area contributed by atoms with Crippen LogP contribution < -0.4 is 4.90 Å². The minimum atomic E-state index is -0.514. The van der Waals surface area contributed by atoms with E-state index in [1.807, 2.05) is 38.8 Å². The van der Waals surface area contributed by atoms with E-state index in [9.17, 15) is 9.18 Å². The van der Waals surface area contributed by atoms with E-state index < -0.39 is 5.60 Å². The van der Waals surface area contributed by atoms with E-state index in [-0.39, 0.29) is 11.9 Å². The fourth-order valence-corrected chi connectivity index (χ4v) is 5.10. The monoisotopic (exact) mass is 534 g/mol. The number of benzene rings is 1. The van der Waals surface area contributed by atoms with Gasteiger partial charge in [-0.05, 0) is 81.1 Å². The summed E-state index contributed by atoms with van der Waals surface area (Å²) in [6.07, 6.45) is 5.40. The normalized spacial score (nSPS) is 14.1. The molecule has 38 heavy (non-hydrogen) atoms. The van der Waals surface area contributed by atoms with Crippen LogP contribution in [0.5, 0.6) is 0 Å². The predicted molar refractivity (Wildman–Crippen MR) is 148 cm³/mol. The Morgan fingerprint density at radius 3 is 2.53 bits per heavy atom. The van der Waals surface area contributed by atoms with Crippen LogP contribution in [0.2, 0.25) is 0 Å². The number of imidazole rings is 1. The van der Waals surface area contributed by atoms with Crippen molar-refractivity contribution in [3.05, 3.63) is 65.7 Å². The van der Waals surface area contributed by atoms with Crippen LogP contribution in [0.25, 0.3) is 22.6 Å². The van der Waals surface area contributed by atoms with Gasteiger partial charge in [-0.2, -0.15) is 9.36 Å². The summed E-state index contributed by atoms with van der Waals surface area (Å²) >= 11 is 1.29. The zero-order chi connectivity index (χ0) is 27.0. The number of aromatic nitrogens is 4. The first-order valence-electron chi connectivity index (χ1n) is 12.6. The summed E-state index contributed by atoms with van der Waals surface area (Å²) in [6.45, 7) is 8.82. The van der Waals surface area contributed by atoms with E-state index in [1.54, 1.807) is 17.0 Å². The standard InChI is InChI=1S/C28H31FN6O2S/c1-6-22-25(33(5)26-31-24(32-38-26)19-7-10-21(29)11-8-19)35-17-20(9-12-23(35)30-22)18-13-15-34(16-14-18)27(36)37-28(2,3)4/h7-13,17H,6,14-16H2,1-5H3. The Labute approximate surface area is 225 Å². The number of fused-ring (bicyclic) bond motifs is 1. The van der Waals surface area contributed by atoms with Crippen molar-refractivity contribution >= 4 is 39.8 Å². The fraction of sp³-hybridized carbons (Fsp3) is 0.357. The molecular weight excluding hydrogens is 503 g/mol. The molecule has 0 bridgehead atoms. The summed E-state index contributed by atoms with van der Waals surface area (Å²) in [5, 5.41) is 0.719. The van der Waals surface area contributed by atoms with Gasteiger partial charge in [-0.3, -0.25) is 4.40 Å². The van der Waals surface area contributed by atoms with Crippen molar-refractivity contribution in [2.24, 2.45) is 0 Å². The minimum absolute atomic E-state index is 0.286. The van der Waals surface area contributed by atoms with Gasteiger partial charge in [-0.1, -0.05) is 13.0 Å². The molecule has 4 aromatic rings. The molecule has 1 aliphatic heterocycles. The first-order valence-corrected chi connectivity index (χ1v) is 13.4. The quantitative estimate of drug-likeness (QED) is 0.297. The Hall–Kier alpha value is -3.79. The second-order valence-corrected chi connectivity index (χ2v) is 11.0. The van der Waals surface area contributed by atoms with Crippen LogP contribution in [0.1, 0.15) is 45.4 Å². The molecule has 0 saturated carbocycles. The number of ether oxygens (including phenoxy) is 1. The molecule has 0 fully saturated rings. The lowest BCUT2D eigenvalue weighted by Crippen LogP contribution is -2.39. The summed E-state index contributed by atoms with van der Waals surface area (Å²) in [4.78, 5) is 25.8. The zero-order valence-electron chi connectivity index (χ0n) is 22.2. The van der Waals surface area contributed by atoms with E-state index >= 15 is 0 Å². The first kappa shape index (κ1) is 25.8. The summed E-state index contributed by atoms with van der Waals surface area (Å²) in [7, 11) is 1.96. The van der Waals surface area contributed by atoms with Crippen LogP contribution in [-0.2, 0) is 11.2 Å². The SMILES string of the molecule is CCc1nc2ccc(C3=CCN(C(=O)OC(C)(C)C)CC3)cn2c1N(C)c1nc(-c2ccc(F)cc2)ns1. The Morgan fingerprint density at radius 2 is 1.87 bits per heavy atom. The maximum Gasteiger partial charge on any atom is 0.410 e. The van der Waals surface area contributed by atoms with Crippen LogP contribution >= 0.6 is 11.5 Å². The molecule has 0 spiro atoms. The van der Waals surface area contributed by atoms with Crippen molar-refractivity contribution in [1.29, 1.82) is 0 Å². The maximum absolute atomic E-state index is 13.4. The van der Waals surface area contributed by atoms with Gasteiger partial charge in [-0.15, -0.1) is 0 Å². The third-order valence-corrected chi connectivity index (χ3v) is 7.14. The van der Waals surface area contributed by atoms with Crippen LogP contribution in [0.15, 0.2) is 48.7 Å². The van der Waals surface area contributed by atoms with Gasteiger partial charge in [0.05, 0.1) is 5.69 Å². The van der Waals surface area contributed by atoms with Crippen LogP contribution in [0, 0.1) is 5.82 Å². The second kappa shape index (κ2) is 10.2. The number of carbonyl (C=O) groups is 1. The average molecular weight is 535 g/mol. The number of pyridine rings is 1. The lowest BCUT2D eigenvalue weighted by atomic mass is 10.0. The third kappa shape index (κ3) is 5.26. The molecule has 0 N–H and O–H groups in total. The number of aryl methyl sites for hydroxylation is 1. The van der Waals surface area contributed by atoms with Gasteiger partial charge in [0.25, 0.3) is 0 Å². The summed E-state index contributed by atoms with van der Waals surface area (Å²) < 4.78 is 25.5. The summed E-state index contributed by atoms with van der Waals surface area (Å²) in [5.41, 5.74) is 4.32. The van der Waals surface area contributed by atoms with Crippen molar-refractivity contribution in [2.45, 2.75) is 46.1 Å². The first-order chi connectivity index (χ1) is 18.1. The molecule has 3 aromatic heterocycles. The number of carbonyl (C=O) groups excluding carboxylic acids is 1. The number of rotatable bonds is 5. The fourth-order valence-electron chi connectivity index (χ4n) is 4.45. The van der Waals surface area contributed by atoms with Crippen LogP contribution in [0.3, 0.4) is 0 Å². The Balaban J connectivity index is 1.43. The molecule has 5 rings (SSSR count). The molecule has 10 heteroatoms. The highest BCUT2D eigenvalue weighted by atomic mass is 32.1. The molecule has 4 heterocycles. The maximum atomic E-state index is 13.4. The summed E-state index contributed by atoms with van der Waals surface area (Å²) in [6, 6.07) is 10.3. The summed E-state index contributed by atoms with van der Waals surface area (Å²) in [5.74, 6) is 1.20. The molecule has 1 amide bonds. The minimum Gasteiger partial charge on any atom is -0.444 e. The highest BCUT2D eigenvalue weighted by molar-refractivity contribution is 7.10. The molecule has 1 aliphatic rings. The van der Waals surface area contributed by atoms with Gasteiger partial charge >= 0.3 is 6.09 Å². The number of hydrogen-bond acceptors (Lipinski definition) is 7. The van der Waals surface area contributed by atoms with Crippen molar-refractivity contribution in [2.75, 3.05) is 25.0 Å². The van der Waals surface area contributed by atoms with E-state index in [0.29, 0.717) is 18.9 Å². The number of amides is 1. The Kier molecular flexibility index (Phi) is 6.92. The molecule has 0 aliphatic carbocycles. The topological polar surface area (TPSA) is 75.9 Å². The third-order valence-electron chi connectivity index (χ3n) is 6.35. The predicted octanol–water partition coefficient (Wildman–Crippen LogP) is 6.35. The Bertz CT molecular complexity index is 1500. The van der Waals surface area contributed by atoms with Crippen molar-refractivity contribution in [3.8, 4) is 11.4 Å².